The van der Waals surface area contributed by atoms with E-state index in [1.807, 2.05) is 18.2 Å². The van der Waals surface area contributed by atoms with Gasteiger partial charge in [-0.25, -0.2) is 0 Å². The quantitative estimate of drug-likeness (QED) is 0.885. The van der Waals surface area contributed by atoms with Crippen LogP contribution in [0.15, 0.2) is 18.2 Å². The minimum Gasteiger partial charge on any atom is -0.374 e. The van der Waals surface area contributed by atoms with Crippen molar-refractivity contribution in [3.8, 4) is 0 Å². The number of hydrogen-bond acceptors (Lipinski definition) is 2. The Labute approximate surface area is 125 Å². The molecule has 2 rings (SSSR count). The second-order valence-electron chi connectivity index (χ2n) is 5.18. The summed E-state index contributed by atoms with van der Waals surface area (Å²) in [6.07, 6.45) is 3.86. The monoisotopic (exact) mass is 301 g/mol. The summed E-state index contributed by atoms with van der Waals surface area (Å²) in [5.41, 5.74) is 1.20. The summed E-state index contributed by atoms with van der Waals surface area (Å²) in [6, 6.07) is 6.19. The van der Waals surface area contributed by atoms with Crippen molar-refractivity contribution >= 4 is 23.2 Å². The Morgan fingerprint density at radius 2 is 2.11 bits per heavy atom. The Balaban J connectivity index is 2.05. The zero-order valence-electron chi connectivity index (χ0n) is 11.5. The van der Waals surface area contributed by atoms with Gasteiger partial charge in [0.25, 0.3) is 0 Å². The fraction of sp³-hybridized carbons (Fsp3) is 0.600. The molecule has 0 aliphatic carbocycles. The summed E-state index contributed by atoms with van der Waals surface area (Å²) >= 11 is 12.0. The number of rotatable bonds is 5. The molecule has 3 atom stereocenters. The molecule has 1 N–H and O–H groups in total. The normalized spacial score (nSPS) is 24.6. The van der Waals surface area contributed by atoms with Crippen LogP contribution in [-0.2, 0) is 11.2 Å². The number of ether oxygens (including phenoxy) is 1. The first-order valence-electron chi connectivity index (χ1n) is 6.93. The van der Waals surface area contributed by atoms with Gasteiger partial charge < -0.3 is 10.1 Å². The molecule has 1 heterocycles. The molecule has 0 saturated carbocycles. The predicted octanol–water partition coefficient (Wildman–Crippen LogP) is 4.08. The predicted molar refractivity (Wildman–Crippen MR) is 81.2 cm³/mol. The van der Waals surface area contributed by atoms with Gasteiger partial charge in [0, 0.05) is 6.04 Å². The van der Waals surface area contributed by atoms with E-state index in [4.69, 9.17) is 27.9 Å². The Morgan fingerprint density at radius 1 is 1.32 bits per heavy atom. The van der Waals surface area contributed by atoms with Gasteiger partial charge in [0.2, 0.25) is 0 Å². The van der Waals surface area contributed by atoms with Crippen LogP contribution in [0.1, 0.15) is 32.3 Å². The van der Waals surface area contributed by atoms with Crippen molar-refractivity contribution in [2.75, 3.05) is 6.54 Å². The van der Waals surface area contributed by atoms with E-state index >= 15 is 0 Å². The lowest BCUT2D eigenvalue weighted by atomic mass is 9.99. The van der Waals surface area contributed by atoms with Crippen LogP contribution in [0.5, 0.6) is 0 Å². The first-order chi connectivity index (χ1) is 9.10. The van der Waals surface area contributed by atoms with Gasteiger partial charge in [0.15, 0.2) is 0 Å². The maximum absolute atomic E-state index is 6.07. The maximum atomic E-state index is 6.07. The molecule has 0 spiro atoms. The van der Waals surface area contributed by atoms with E-state index in [9.17, 15) is 0 Å². The van der Waals surface area contributed by atoms with E-state index in [1.165, 1.54) is 5.56 Å². The molecule has 2 nitrogen and oxygen atoms in total. The van der Waals surface area contributed by atoms with Gasteiger partial charge in [0.1, 0.15) is 0 Å². The van der Waals surface area contributed by atoms with Crippen molar-refractivity contribution in [1.82, 2.24) is 5.32 Å². The molecule has 1 aromatic carbocycles. The lowest BCUT2D eigenvalue weighted by molar-refractivity contribution is 0.0324. The van der Waals surface area contributed by atoms with Crippen LogP contribution in [0.3, 0.4) is 0 Å². The molecule has 0 aromatic heterocycles. The molecule has 1 aliphatic rings. The van der Waals surface area contributed by atoms with Gasteiger partial charge in [-0.3, -0.25) is 0 Å². The van der Waals surface area contributed by atoms with Gasteiger partial charge in [0.05, 0.1) is 22.3 Å². The van der Waals surface area contributed by atoms with E-state index < -0.39 is 0 Å². The van der Waals surface area contributed by atoms with Crippen LogP contribution in [0.4, 0.5) is 0 Å². The molecule has 4 heteroatoms. The number of halogens is 2. The molecular weight excluding hydrogens is 281 g/mol. The van der Waals surface area contributed by atoms with Crippen LogP contribution in [0, 0.1) is 0 Å². The molecule has 106 valence electrons. The highest BCUT2D eigenvalue weighted by molar-refractivity contribution is 6.42. The van der Waals surface area contributed by atoms with Crippen LogP contribution < -0.4 is 5.32 Å². The second-order valence-corrected chi connectivity index (χ2v) is 5.99. The summed E-state index contributed by atoms with van der Waals surface area (Å²) in [4.78, 5) is 0. The van der Waals surface area contributed by atoms with Gasteiger partial charge in [-0.2, -0.15) is 0 Å². The largest absolute Gasteiger partial charge is 0.374 e. The average Bonchev–Trinajstić information content (AvgIpc) is 2.80. The van der Waals surface area contributed by atoms with Gasteiger partial charge in [-0.15, -0.1) is 0 Å². The van der Waals surface area contributed by atoms with Crippen molar-refractivity contribution < 1.29 is 4.74 Å². The van der Waals surface area contributed by atoms with E-state index in [2.05, 4.69) is 19.2 Å². The minimum atomic E-state index is 0.296. The number of benzene rings is 1. The van der Waals surface area contributed by atoms with E-state index in [1.54, 1.807) is 0 Å². The smallest absolute Gasteiger partial charge is 0.0735 e. The Morgan fingerprint density at radius 3 is 2.68 bits per heavy atom. The van der Waals surface area contributed by atoms with Crippen molar-refractivity contribution in [2.45, 2.75) is 51.4 Å². The molecule has 0 bridgehead atoms. The Hall–Kier alpha value is -0.280. The molecule has 3 unspecified atom stereocenters. The van der Waals surface area contributed by atoms with E-state index in [-0.39, 0.29) is 0 Å². The van der Waals surface area contributed by atoms with Gasteiger partial charge >= 0.3 is 0 Å². The average molecular weight is 302 g/mol. The summed E-state index contributed by atoms with van der Waals surface area (Å²) in [5, 5.41) is 4.75. The fourth-order valence-electron chi connectivity index (χ4n) is 2.65. The third-order valence-corrected chi connectivity index (χ3v) is 4.36. The standard InChI is InChI=1S/C15H21Cl2NO/c1-3-18-14(15-7-4-10(2)19-15)9-11-5-6-12(16)13(17)8-11/h5-6,8,10,14-15,18H,3-4,7,9H2,1-2H3. The van der Waals surface area contributed by atoms with Crippen LogP contribution in [0.2, 0.25) is 10.0 Å². The third kappa shape index (κ3) is 4.09. The fourth-order valence-corrected chi connectivity index (χ4v) is 2.97. The lowest BCUT2D eigenvalue weighted by Crippen LogP contribution is -2.41. The highest BCUT2D eigenvalue weighted by Gasteiger charge is 2.29. The van der Waals surface area contributed by atoms with Crippen molar-refractivity contribution in [1.29, 1.82) is 0 Å². The molecule has 19 heavy (non-hydrogen) atoms. The summed E-state index contributed by atoms with van der Waals surface area (Å²) < 4.78 is 5.98. The van der Waals surface area contributed by atoms with Gasteiger partial charge in [-0.05, 0) is 50.4 Å². The molecule has 1 aliphatic heterocycles. The molecule has 1 saturated heterocycles. The lowest BCUT2D eigenvalue weighted by Gasteiger charge is -2.24. The SMILES string of the molecule is CCNC(Cc1ccc(Cl)c(Cl)c1)C1CCC(C)O1. The minimum absolute atomic E-state index is 0.296. The van der Waals surface area contributed by atoms with Crippen molar-refractivity contribution in [3.63, 3.8) is 0 Å². The van der Waals surface area contributed by atoms with Crippen LogP contribution in [0.25, 0.3) is 0 Å². The van der Waals surface area contributed by atoms with Gasteiger partial charge in [-0.1, -0.05) is 36.2 Å². The highest BCUT2D eigenvalue weighted by atomic mass is 35.5. The highest BCUT2D eigenvalue weighted by Crippen LogP contribution is 2.26. The summed E-state index contributed by atoms with van der Waals surface area (Å²) in [7, 11) is 0. The van der Waals surface area contributed by atoms with Crippen molar-refractivity contribution in [2.24, 2.45) is 0 Å². The van der Waals surface area contributed by atoms with Crippen LogP contribution >= 0.6 is 23.2 Å². The zero-order valence-corrected chi connectivity index (χ0v) is 13.0. The topological polar surface area (TPSA) is 21.3 Å². The molecule has 1 aromatic rings. The Bertz CT molecular complexity index is 425. The first kappa shape index (κ1) is 15.1. The number of likely N-dealkylation sites (N-methyl/N-ethyl adjacent to an activating group) is 1. The van der Waals surface area contributed by atoms with E-state index in [0.29, 0.717) is 28.3 Å². The van der Waals surface area contributed by atoms with Crippen molar-refractivity contribution in [3.05, 3.63) is 33.8 Å². The number of nitrogens with one attached hydrogen (secondary N) is 1. The number of hydrogen-bond donors (Lipinski definition) is 1. The Kier molecular flexibility index (Phi) is 5.52. The molecular formula is C15H21Cl2NO. The summed E-state index contributed by atoms with van der Waals surface area (Å²) in [5.74, 6) is 0. The summed E-state index contributed by atoms with van der Waals surface area (Å²) in [6.45, 7) is 5.21. The zero-order chi connectivity index (χ0) is 13.8. The first-order valence-corrected chi connectivity index (χ1v) is 7.68. The molecule has 0 amide bonds. The van der Waals surface area contributed by atoms with Crippen LogP contribution in [-0.4, -0.2) is 24.8 Å². The maximum Gasteiger partial charge on any atom is 0.0735 e. The molecule has 1 fully saturated rings. The third-order valence-electron chi connectivity index (χ3n) is 3.62. The molecule has 0 radical (unpaired) electrons. The second kappa shape index (κ2) is 6.94. The van der Waals surface area contributed by atoms with E-state index in [0.717, 1.165) is 25.8 Å².